The number of ether oxygens (including phenoxy) is 2. The van der Waals surface area contributed by atoms with Crippen LogP contribution in [0.5, 0.6) is 0 Å². The van der Waals surface area contributed by atoms with E-state index >= 15 is 0 Å². The third kappa shape index (κ3) is 21.9. The standard InChI is InChI=1S/C54H76N8O12/c1-8-9-25-39(45(65)47(55)66)58-48(67)40(28-34(2)3)60-52(71)46(54(5,6)7)62-49(68)41(29-38-24-17-16-19-35(38)4)59-51(70)43(33-73-31-36-20-12-10-13-21-36)61-50(69)42(30-63)57-44(64)26-18-27-56-53(72)74-32-37-22-14-11-15-23-37/h10-17,19-24,34,39-43,46,63H,8-9,18,25-33H2,1-7H3,(H2,55,66)(H,56,72)(H,57,64)(H,58,67)(H,59,70)(H,60,71)(H,61,69)(H,62,68)/t39-,40-,41-,42-,43+,46+/m0/s1. The van der Waals surface area contributed by atoms with Gasteiger partial charge in [0, 0.05) is 19.4 Å². The number of Topliss-reactive ketones (excluding diaryl/α,β-unsaturated/α-hetero) is 1. The van der Waals surface area contributed by atoms with E-state index in [2.05, 4.69) is 37.2 Å². The highest BCUT2D eigenvalue weighted by molar-refractivity contribution is 6.37. The van der Waals surface area contributed by atoms with Gasteiger partial charge < -0.3 is 57.5 Å². The Hall–Kier alpha value is -7.19. The van der Waals surface area contributed by atoms with Gasteiger partial charge in [-0.3, -0.25) is 38.4 Å². The zero-order valence-corrected chi connectivity index (χ0v) is 43.6. The van der Waals surface area contributed by atoms with Crippen LogP contribution in [0.1, 0.15) is 102 Å². The van der Waals surface area contributed by atoms with Crippen LogP contribution >= 0.6 is 0 Å². The minimum absolute atomic E-state index is 0.0284. The lowest BCUT2D eigenvalue weighted by atomic mass is 9.85. The summed E-state index contributed by atoms with van der Waals surface area (Å²) in [5.41, 5.74) is 7.31. The molecule has 6 atom stereocenters. The van der Waals surface area contributed by atoms with Crippen LogP contribution in [0.2, 0.25) is 0 Å². The molecule has 74 heavy (non-hydrogen) atoms. The third-order valence-corrected chi connectivity index (χ3v) is 11.7. The summed E-state index contributed by atoms with van der Waals surface area (Å²) in [6, 6.07) is 17.2. The molecule has 8 amide bonds. The number of benzene rings is 3. The number of aliphatic hydroxyl groups is 1. The Morgan fingerprint density at radius 1 is 0.635 bits per heavy atom. The van der Waals surface area contributed by atoms with Gasteiger partial charge in [0.25, 0.3) is 5.91 Å². The predicted molar refractivity (Wildman–Crippen MR) is 276 cm³/mol. The summed E-state index contributed by atoms with van der Waals surface area (Å²) >= 11 is 0. The summed E-state index contributed by atoms with van der Waals surface area (Å²) in [5.74, 6) is -6.99. The van der Waals surface area contributed by atoms with Crippen molar-refractivity contribution < 1.29 is 57.7 Å². The van der Waals surface area contributed by atoms with Crippen molar-refractivity contribution in [2.45, 2.75) is 143 Å². The maximum Gasteiger partial charge on any atom is 0.407 e. The topological polar surface area (TPSA) is 303 Å². The van der Waals surface area contributed by atoms with E-state index in [1.807, 2.05) is 58.0 Å². The van der Waals surface area contributed by atoms with Crippen molar-refractivity contribution >= 4 is 53.2 Å². The van der Waals surface area contributed by atoms with Crippen LogP contribution in [0.15, 0.2) is 84.9 Å². The number of nitrogens with one attached hydrogen (secondary N) is 7. The van der Waals surface area contributed by atoms with E-state index in [4.69, 9.17) is 15.2 Å². The highest BCUT2D eigenvalue weighted by atomic mass is 16.5. The number of aliphatic hydroxyl groups excluding tert-OH is 1. The number of nitrogens with two attached hydrogens (primary N) is 1. The Balaban J connectivity index is 1.84. The van der Waals surface area contributed by atoms with Crippen LogP contribution in [-0.2, 0) is 67.5 Å². The fourth-order valence-electron chi connectivity index (χ4n) is 7.54. The fraction of sp³-hybridized carbons (Fsp3) is 0.500. The predicted octanol–water partition coefficient (Wildman–Crippen LogP) is 2.70. The minimum Gasteiger partial charge on any atom is -0.445 e. The normalized spacial score (nSPS) is 13.6. The monoisotopic (exact) mass is 1030 g/mol. The van der Waals surface area contributed by atoms with Gasteiger partial charge in [-0.1, -0.05) is 139 Å². The van der Waals surface area contributed by atoms with Gasteiger partial charge in [-0.2, -0.15) is 0 Å². The number of primary amides is 1. The molecule has 0 saturated heterocycles. The molecule has 0 fully saturated rings. The third-order valence-electron chi connectivity index (χ3n) is 11.7. The van der Waals surface area contributed by atoms with E-state index < -0.39 is 108 Å². The van der Waals surface area contributed by atoms with E-state index in [0.717, 1.165) is 16.7 Å². The molecule has 0 spiro atoms. The van der Waals surface area contributed by atoms with Crippen molar-refractivity contribution in [1.29, 1.82) is 0 Å². The molecular formula is C54H76N8O12. The molecular weight excluding hydrogens is 953 g/mol. The summed E-state index contributed by atoms with van der Waals surface area (Å²) in [6.45, 7) is 11.4. The average Bonchev–Trinajstić information content (AvgIpc) is 3.36. The van der Waals surface area contributed by atoms with E-state index in [0.29, 0.717) is 18.4 Å². The van der Waals surface area contributed by atoms with Gasteiger partial charge in [0.1, 0.15) is 36.8 Å². The molecule has 0 unspecified atom stereocenters. The maximum atomic E-state index is 14.6. The molecule has 0 aliphatic rings. The van der Waals surface area contributed by atoms with E-state index in [1.165, 1.54) is 0 Å². The lowest BCUT2D eigenvalue weighted by Gasteiger charge is -2.34. The number of unbranched alkanes of at least 4 members (excludes halogenated alkanes) is 1. The van der Waals surface area contributed by atoms with Crippen LogP contribution in [-0.4, -0.2) is 114 Å². The van der Waals surface area contributed by atoms with Crippen LogP contribution in [0.4, 0.5) is 4.79 Å². The number of carbonyl (C=O) groups excluding carboxylic acids is 9. The Labute approximate surface area is 433 Å². The number of carbonyl (C=O) groups is 9. The Morgan fingerprint density at radius 2 is 1.18 bits per heavy atom. The van der Waals surface area contributed by atoms with Gasteiger partial charge in [0.2, 0.25) is 41.2 Å². The number of hydrogen-bond acceptors (Lipinski definition) is 12. The largest absolute Gasteiger partial charge is 0.445 e. The van der Waals surface area contributed by atoms with Crippen molar-refractivity contribution in [3.8, 4) is 0 Å². The second kappa shape index (κ2) is 31.4. The van der Waals surface area contributed by atoms with Crippen molar-refractivity contribution in [3.63, 3.8) is 0 Å². The van der Waals surface area contributed by atoms with Crippen LogP contribution in [0.3, 0.4) is 0 Å². The molecule has 404 valence electrons. The van der Waals surface area contributed by atoms with Crippen LogP contribution < -0.4 is 43.0 Å². The highest BCUT2D eigenvalue weighted by Gasteiger charge is 2.38. The van der Waals surface area contributed by atoms with E-state index in [-0.39, 0.29) is 57.8 Å². The zero-order valence-electron chi connectivity index (χ0n) is 43.6. The molecule has 3 rings (SSSR count). The quantitative estimate of drug-likeness (QED) is 0.0332. The molecule has 3 aromatic rings. The molecule has 3 aromatic carbocycles. The molecule has 10 N–H and O–H groups in total. The van der Waals surface area contributed by atoms with Gasteiger partial charge in [0.15, 0.2) is 0 Å². The molecule has 0 radical (unpaired) electrons. The first-order chi connectivity index (χ1) is 35.1. The molecule has 0 aliphatic carbocycles. The Kier molecular flexibility index (Phi) is 25.9. The van der Waals surface area contributed by atoms with Gasteiger partial charge in [-0.05, 0) is 59.8 Å². The van der Waals surface area contributed by atoms with Crippen molar-refractivity contribution in [2.24, 2.45) is 17.1 Å². The summed E-state index contributed by atoms with van der Waals surface area (Å²) in [5, 5.41) is 28.7. The molecule has 0 bridgehead atoms. The lowest BCUT2D eigenvalue weighted by molar-refractivity contribution is -0.139. The average molecular weight is 1030 g/mol. The summed E-state index contributed by atoms with van der Waals surface area (Å²) in [6.07, 6.45) is 0.737. The highest BCUT2D eigenvalue weighted by Crippen LogP contribution is 2.21. The van der Waals surface area contributed by atoms with Crippen molar-refractivity contribution in [3.05, 3.63) is 107 Å². The molecule has 0 aromatic heterocycles. The number of rotatable bonds is 31. The van der Waals surface area contributed by atoms with E-state index in [1.54, 1.807) is 75.4 Å². The molecule has 0 aliphatic heterocycles. The summed E-state index contributed by atoms with van der Waals surface area (Å²) in [7, 11) is 0. The fourth-order valence-corrected chi connectivity index (χ4v) is 7.54. The second-order valence-electron chi connectivity index (χ2n) is 19.6. The SMILES string of the molecule is CCCC[C@H](NC(=O)[C@H](CC(C)C)NC(=O)[C@@H](NC(=O)[C@H](Cc1ccccc1C)NC(=O)[C@@H](COCc1ccccc1)NC(=O)[C@H](CO)NC(=O)CCCNC(=O)OCc1ccccc1)C(C)(C)C)C(=O)C(N)=O. The van der Waals surface area contributed by atoms with Gasteiger partial charge >= 0.3 is 6.09 Å². The maximum absolute atomic E-state index is 14.6. The number of hydrogen-bond donors (Lipinski definition) is 9. The molecule has 20 nitrogen and oxygen atoms in total. The Bertz CT molecular complexity index is 2330. The van der Waals surface area contributed by atoms with E-state index in [9.17, 15) is 48.3 Å². The smallest absolute Gasteiger partial charge is 0.407 e. The summed E-state index contributed by atoms with van der Waals surface area (Å²) < 4.78 is 11.1. The zero-order chi connectivity index (χ0) is 54.8. The molecule has 20 heteroatoms. The van der Waals surface area contributed by atoms with Crippen LogP contribution in [0, 0.1) is 18.3 Å². The van der Waals surface area contributed by atoms with Crippen molar-refractivity contribution in [1.82, 2.24) is 37.2 Å². The molecule has 0 heterocycles. The first-order valence-corrected chi connectivity index (χ1v) is 25.0. The molecule has 0 saturated carbocycles. The number of aryl methyl sites for hydroxylation is 1. The van der Waals surface area contributed by atoms with Crippen LogP contribution in [0.25, 0.3) is 0 Å². The van der Waals surface area contributed by atoms with Gasteiger partial charge in [-0.25, -0.2) is 4.79 Å². The number of alkyl carbamates (subject to hydrolysis) is 1. The second-order valence-corrected chi connectivity index (χ2v) is 19.6. The number of ketones is 1. The van der Waals surface area contributed by atoms with Gasteiger partial charge in [-0.15, -0.1) is 0 Å². The number of amides is 8. The Morgan fingerprint density at radius 3 is 1.76 bits per heavy atom. The van der Waals surface area contributed by atoms with Gasteiger partial charge in [0.05, 0.1) is 25.9 Å². The van der Waals surface area contributed by atoms with Crippen molar-refractivity contribution in [2.75, 3.05) is 19.8 Å². The first kappa shape index (κ1) is 61.1. The first-order valence-electron chi connectivity index (χ1n) is 25.0. The summed E-state index contributed by atoms with van der Waals surface area (Å²) in [4.78, 5) is 120. The lowest BCUT2D eigenvalue weighted by Crippen LogP contribution is -2.62. The minimum atomic E-state index is -1.51.